The first-order valence-electron chi connectivity index (χ1n) is 6.52. The molecule has 1 aromatic carbocycles. The molecule has 2 rings (SSSR count). The lowest BCUT2D eigenvalue weighted by atomic mass is 10.1. The number of nitrogens with two attached hydrogens (primary N) is 1. The molecule has 0 radical (unpaired) electrons. The van der Waals surface area contributed by atoms with Crippen molar-refractivity contribution in [1.82, 2.24) is 4.90 Å². The summed E-state index contributed by atoms with van der Waals surface area (Å²) in [6.07, 6.45) is 0.806. The van der Waals surface area contributed by atoms with Gasteiger partial charge in [-0.15, -0.1) is 0 Å². The van der Waals surface area contributed by atoms with E-state index >= 15 is 0 Å². The number of nitrogen functional groups attached to an aromatic ring is 1. The van der Waals surface area contributed by atoms with Gasteiger partial charge in [0.1, 0.15) is 0 Å². The van der Waals surface area contributed by atoms with E-state index in [2.05, 4.69) is 11.8 Å². The van der Waals surface area contributed by atoms with E-state index in [1.165, 1.54) is 0 Å². The first-order valence-corrected chi connectivity index (χ1v) is 6.52. The van der Waals surface area contributed by atoms with Gasteiger partial charge in [0.15, 0.2) is 0 Å². The lowest BCUT2D eigenvalue weighted by Crippen LogP contribution is -2.33. The molecule has 1 heterocycles. The maximum Gasteiger partial charge on any atom is 0.0916 e. The molecule has 1 fully saturated rings. The first-order chi connectivity index (χ1) is 8.65. The lowest BCUT2D eigenvalue weighted by Gasteiger charge is -2.24. The summed E-state index contributed by atoms with van der Waals surface area (Å²) < 4.78 is 5.60. The number of ether oxygens (including phenoxy) is 1. The minimum absolute atomic E-state index is 0.242. The van der Waals surface area contributed by atoms with Gasteiger partial charge in [-0.3, -0.25) is 4.90 Å². The molecule has 4 nitrogen and oxygen atoms in total. The lowest BCUT2D eigenvalue weighted by molar-refractivity contribution is 0.0562. The standard InChI is InChI=1S/C14H22N2O2/c1-11-9-16(7-2-8-18-11)10-14(17)12-3-5-13(15)6-4-12/h3-6,11,14,17H,2,7-10,15H2,1H3. The van der Waals surface area contributed by atoms with Crippen molar-refractivity contribution in [1.29, 1.82) is 0 Å². The Morgan fingerprint density at radius 1 is 1.44 bits per heavy atom. The summed E-state index contributed by atoms with van der Waals surface area (Å²) in [5.41, 5.74) is 7.28. The van der Waals surface area contributed by atoms with Gasteiger partial charge >= 0.3 is 0 Å². The fourth-order valence-electron chi connectivity index (χ4n) is 2.31. The average Bonchev–Trinajstić information content (AvgIpc) is 2.54. The molecule has 1 aliphatic heterocycles. The van der Waals surface area contributed by atoms with Crippen LogP contribution in [0.25, 0.3) is 0 Å². The molecule has 0 aromatic heterocycles. The third-order valence-corrected chi connectivity index (χ3v) is 3.29. The maximum absolute atomic E-state index is 10.2. The average molecular weight is 250 g/mol. The minimum atomic E-state index is -0.462. The number of benzene rings is 1. The molecule has 18 heavy (non-hydrogen) atoms. The van der Waals surface area contributed by atoms with Gasteiger partial charge < -0.3 is 15.6 Å². The highest BCUT2D eigenvalue weighted by Crippen LogP contribution is 2.17. The summed E-state index contributed by atoms with van der Waals surface area (Å²) in [6.45, 7) is 5.41. The number of β-amino-alcohol motifs (C(OH)–C–C–N with tert-alkyl or cyclic N) is 1. The van der Waals surface area contributed by atoms with Crippen molar-refractivity contribution in [3.8, 4) is 0 Å². The van der Waals surface area contributed by atoms with E-state index in [1.807, 2.05) is 24.3 Å². The monoisotopic (exact) mass is 250 g/mol. The van der Waals surface area contributed by atoms with Crippen molar-refractivity contribution in [2.24, 2.45) is 0 Å². The van der Waals surface area contributed by atoms with Gasteiger partial charge in [0, 0.05) is 31.9 Å². The topological polar surface area (TPSA) is 58.7 Å². The number of anilines is 1. The molecule has 1 saturated heterocycles. The van der Waals surface area contributed by atoms with Crippen molar-refractivity contribution in [3.05, 3.63) is 29.8 Å². The van der Waals surface area contributed by atoms with Gasteiger partial charge in [-0.1, -0.05) is 12.1 Å². The number of nitrogens with zero attached hydrogens (tertiary/aromatic N) is 1. The van der Waals surface area contributed by atoms with E-state index in [-0.39, 0.29) is 6.10 Å². The molecule has 4 heteroatoms. The molecule has 0 saturated carbocycles. The van der Waals surface area contributed by atoms with E-state index in [1.54, 1.807) is 0 Å². The van der Waals surface area contributed by atoms with Crippen molar-refractivity contribution in [2.45, 2.75) is 25.6 Å². The zero-order valence-corrected chi connectivity index (χ0v) is 10.9. The Morgan fingerprint density at radius 2 is 2.17 bits per heavy atom. The Bertz CT molecular complexity index is 367. The van der Waals surface area contributed by atoms with Gasteiger partial charge in [0.05, 0.1) is 12.2 Å². The first kappa shape index (κ1) is 13.3. The van der Waals surface area contributed by atoms with E-state index in [9.17, 15) is 5.11 Å². The van der Waals surface area contributed by atoms with E-state index < -0.39 is 6.10 Å². The summed E-state index contributed by atoms with van der Waals surface area (Å²) in [7, 11) is 0. The number of rotatable bonds is 3. The van der Waals surface area contributed by atoms with Crippen LogP contribution in [0.4, 0.5) is 5.69 Å². The largest absolute Gasteiger partial charge is 0.399 e. The maximum atomic E-state index is 10.2. The van der Waals surface area contributed by atoms with Crippen LogP contribution in [-0.4, -0.2) is 42.4 Å². The van der Waals surface area contributed by atoms with E-state index in [4.69, 9.17) is 10.5 Å². The van der Waals surface area contributed by atoms with Gasteiger partial charge in [-0.2, -0.15) is 0 Å². The third-order valence-electron chi connectivity index (χ3n) is 3.29. The quantitative estimate of drug-likeness (QED) is 0.796. The summed E-state index contributed by atoms with van der Waals surface area (Å²) in [5.74, 6) is 0. The van der Waals surface area contributed by atoms with Gasteiger partial charge in [-0.05, 0) is 31.0 Å². The summed E-state index contributed by atoms with van der Waals surface area (Å²) in [4.78, 5) is 2.26. The highest BCUT2D eigenvalue weighted by atomic mass is 16.5. The van der Waals surface area contributed by atoms with E-state index in [0.29, 0.717) is 6.54 Å². The molecule has 0 bridgehead atoms. The van der Waals surface area contributed by atoms with Crippen molar-refractivity contribution in [2.75, 3.05) is 32.0 Å². The SMILES string of the molecule is CC1CN(CC(O)c2ccc(N)cc2)CCCO1. The zero-order valence-electron chi connectivity index (χ0n) is 10.9. The number of aliphatic hydroxyl groups is 1. The normalized spacial score (nSPS) is 23.6. The second-order valence-electron chi connectivity index (χ2n) is 4.98. The van der Waals surface area contributed by atoms with Crippen molar-refractivity contribution >= 4 is 5.69 Å². The molecular formula is C14H22N2O2. The van der Waals surface area contributed by atoms with Crippen LogP contribution in [-0.2, 0) is 4.74 Å². The fraction of sp³-hybridized carbons (Fsp3) is 0.571. The zero-order chi connectivity index (χ0) is 13.0. The van der Waals surface area contributed by atoms with Crippen LogP contribution in [0, 0.1) is 0 Å². The summed E-state index contributed by atoms with van der Waals surface area (Å²) in [6, 6.07) is 7.43. The molecular weight excluding hydrogens is 228 g/mol. The van der Waals surface area contributed by atoms with Crippen molar-refractivity contribution < 1.29 is 9.84 Å². The molecule has 3 N–H and O–H groups in total. The number of aliphatic hydroxyl groups excluding tert-OH is 1. The van der Waals surface area contributed by atoms with Crippen LogP contribution in [0.5, 0.6) is 0 Å². The van der Waals surface area contributed by atoms with Crippen molar-refractivity contribution in [3.63, 3.8) is 0 Å². The molecule has 0 aliphatic carbocycles. The predicted molar refractivity (Wildman–Crippen MR) is 72.3 cm³/mol. The van der Waals surface area contributed by atoms with Crippen LogP contribution in [0.15, 0.2) is 24.3 Å². The third kappa shape index (κ3) is 3.70. The second kappa shape index (κ2) is 6.18. The molecule has 100 valence electrons. The van der Waals surface area contributed by atoms with Crippen LogP contribution in [0.2, 0.25) is 0 Å². The fourth-order valence-corrected chi connectivity index (χ4v) is 2.31. The van der Waals surface area contributed by atoms with Crippen LogP contribution in [0.3, 0.4) is 0 Å². The molecule has 2 unspecified atom stereocenters. The number of hydrogen-bond donors (Lipinski definition) is 2. The van der Waals surface area contributed by atoms with E-state index in [0.717, 1.165) is 37.4 Å². The van der Waals surface area contributed by atoms with Gasteiger partial charge in [0.25, 0.3) is 0 Å². The smallest absolute Gasteiger partial charge is 0.0916 e. The molecule has 1 aromatic rings. The Morgan fingerprint density at radius 3 is 2.89 bits per heavy atom. The van der Waals surface area contributed by atoms with Crippen LogP contribution < -0.4 is 5.73 Å². The molecule has 1 aliphatic rings. The van der Waals surface area contributed by atoms with Gasteiger partial charge in [0.2, 0.25) is 0 Å². The predicted octanol–water partition coefficient (Wildman–Crippen LogP) is 1.41. The molecule has 2 atom stereocenters. The van der Waals surface area contributed by atoms with Crippen LogP contribution in [0.1, 0.15) is 25.0 Å². The Balaban J connectivity index is 1.93. The molecule has 0 amide bonds. The Labute approximate surface area is 108 Å². The highest BCUT2D eigenvalue weighted by Gasteiger charge is 2.18. The summed E-state index contributed by atoms with van der Waals surface area (Å²) >= 11 is 0. The summed E-state index contributed by atoms with van der Waals surface area (Å²) in [5, 5.41) is 10.2. The number of hydrogen-bond acceptors (Lipinski definition) is 4. The Kier molecular flexibility index (Phi) is 4.58. The second-order valence-corrected chi connectivity index (χ2v) is 4.98. The van der Waals surface area contributed by atoms with Gasteiger partial charge in [-0.25, -0.2) is 0 Å². The minimum Gasteiger partial charge on any atom is -0.399 e. The van der Waals surface area contributed by atoms with Crippen LogP contribution >= 0.6 is 0 Å². The Hall–Kier alpha value is -1.10. The highest BCUT2D eigenvalue weighted by molar-refractivity contribution is 5.39. The molecule has 0 spiro atoms.